The molecule has 0 saturated heterocycles. The average Bonchev–Trinajstić information content (AvgIpc) is 2.46. The van der Waals surface area contributed by atoms with Crippen LogP contribution in [0.4, 0.5) is 0 Å². The van der Waals surface area contributed by atoms with Gasteiger partial charge in [-0.25, -0.2) is 0 Å². The molecule has 0 radical (unpaired) electrons. The van der Waals surface area contributed by atoms with Crippen LogP contribution in [0.25, 0.3) is 0 Å². The summed E-state index contributed by atoms with van der Waals surface area (Å²) in [6.07, 6.45) is -0.945. The van der Waals surface area contributed by atoms with Gasteiger partial charge in [-0.1, -0.05) is 42.8 Å². The normalized spacial score (nSPS) is 13.8. The molecule has 0 fully saturated rings. The Balaban J connectivity index is 2.22. The van der Waals surface area contributed by atoms with E-state index in [1.807, 2.05) is 0 Å². The Bertz CT molecular complexity index is 607. The Morgan fingerprint density at radius 1 is 1.10 bits per heavy atom. The van der Waals surface area contributed by atoms with Crippen molar-refractivity contribution < 1.29 is 15.0 Å². The highest BCUT2D eigenvalue weighted by Crippen LogP contribution is 2.28. The summed E-state index contributed by atoms with van der Waals surface area (Å²) in [7, 11) is 0. The highest BCUT2D eigenvalue weighted by atomic mass is 35.5. The van der Waals surface area contributed by atoms with Gasteiger partial charge in [0, 0.05) is 10.9 Å². The second-order valence-corrected chi connectivity index (χ2v) is 5.10. The van der Waals surface area contributed by atoms with Gasteiger partial charge in [0.25, 0.3) is 0 Å². The number of phenols is 1. The van der Waals surface area contributed by atoms with Crippen LogP contribution in [0, 0.1) is 5.92 Å². The number of carbonyl (C=O) groups excluding carboxylic acids is 1. The molecule has 2 rings (SSSR count). The third kappa shape index (κ3) is 3.00. The van der Waals surface area contributed by atoms with E-state index in [0.717, 1.165) is 0 Å². The molecule has 0 aromatic heterocycles. The minimum Gasteiger partial charge on any atom is -0.507 e. The SMILES string of the molecule is C[C@@H](C(=O)c1ccccc1O)[C@@H](O)c1ccc(Cl)cc1. The van der Waals surface area contributed by atoms with Crippen LogP contribution in [0.1, 0.15) is 28.9 Å². The van der Waals surface area contributed by atoms with Gasteiger partial charge in [0.1, 0.15) is 5.75 Å². The summed E-state index contributed by atoms with van der Waals surface area (Å²) in [4.78, 5) is 12.3. The van der Waals surface area contributed by atoms with Crippen molar-refractivity contribution in [2.45, 2.75) is 13.0 Å². The second kappa shape index (κ2) is 6.07. The van der Waals surface area contributed by atoms with Gasteiger partial charge in [-0.05, 0) is 29.8 Å². The van der Waals surface area contributed by atoms with Crippen LogP contribution in [0.15, 0.2) is 48.5 Å². The van der Waals surface area contributed by atoms with E-state index in [2.05, 4.69) is 0 Å². The number of benzene rings is 2. The third-order valence-electron chi connectivity index (χ3n) is 3.27. The maximum atomic E-state index is 12.3. The van der Waals surface area contributed by atoms with E-state index in [4.69, 9.17) is 11.6 Å². The molecule has 0 aliphatic heterocycles. The van der Waals surface area contributed by atoms with Crippen LogP contribution >= 0.6 is 11.6 Å². The van der Waals surface area contributed by atoms with Crippen molar-refractivity contribution in [2.24, 2.45) is 5.92 Å². The summed E-state index contributed by atoms with van der Waals surface area (Å²) in [5.41, 5.74) is 0.832. The number of hydrogen-bond donors (Lipinski definition) is 2. The van der Waals surface area contributed by atoms with Crippen molar-refractivity contribution in [1.29, 1.82) is 0 Å². The number of hydrogen-bond acceptors (Lipinski definition) is 3. The van der Waals surface area contributed by atoms with Crippen LogP contribution in [0.3, 0.4) is 0 Å². The molecule has 2 aromatic carbocycles. The Kier molecular flexibility index (Phi) is 4.42. The molecular formula is C16H15ClO3. The predicted molar refractivity (Wildman–Crippen MR) is 78.0 cm³/mol. The quantitative estimate of drug-likeness (QED) is 0.846. The van der Waals surface area contributed by atoms with Crippen molar-refractivity contribution in [1.82, 2.24) is 0 Å². The molecule has 2 N–H and O–H groups in total. The number of aliphatic hydroxyl groups excluding tert-OH is 1. The Morgan fingerprint density at radius 2 is 1.70 bits per heavy atom. The monoisotopic (exact) mass is 290 g/mol. The number of aliphatic hydroxyl groups is 1. The fourth-order valence-corrected chi connectivity index (χ4v) is 2.15. The van der Waals surface area contributed by atoms with E-state index in [1.165, 1.54) is 6.07 Å². The van der Waals surface area contributed by atoms with Crippen molar-refractivity contribution in [3.05, 3.63) is 64.7 Å². The summed E-state index contributed by atoms with van der Waals surface area (Å²) in [5, 5.41) is 20.5. The molecule has 0 spiro atoms. The molecule has 104 valence electrons. The first-order valence-electron chi connectivity index (χ1n) is 6.26. The van der Waals surface area contributed by atoms with Crippen LogP contribution in [-0.4, -0.2) is 16.0 Å². The number of para-hydroxylation sites is 1. The zero-order valence-corrected chi connectivity index (χ0v) is 11.7. The van der Waals surface area contributed by atoms with Gasteiger partial charge in [0.2, 0.25) is 0 Å². The second-order valence-electron chi connectivity index (χ2n) is 4.67. The summed E-state index contributed by atoms with van der Waals surface area (Å²) in [6, 6.07) is 13.0. The van der Waals surface area contributed by atoms with E-state index in [0.29, 0.717) is 10.6 Å². The smallest absolute Gasteiger partial charge is 0.172 e. The summed E-state index contributed by atoms with van der Waals surface area (Å²) < 4.78 is 0. The molecule has 20 heavy (non-hydrogen) atoms. The lowest BCUT2D eigenvalue weighted by Gasteiger charge is -2.18. The van der Waals surface area contributed by atoms with Gasteiger partial charge in [-0.2, -0.15) is 0 Å². The number of rotatable bonds is 4. The third-order valence-corrected chi connectivity index (χ3v) is 3.52. The fraction of sp³-hybridized carbons (Fsp3) is 0.188. The summed E-state index contributed by atoms with van der Waals surface area (Å²) in [6.45, 7) is 1.63. The van der Waals surface area contributed by atoms with Crippen LogP contribution in [0.2, 0.25) is 5.02 Å². The maximum Gasteiger partial charge on any atom is 0.172 e. The van der Waals surface area contributed by atoms with Gasteiger partial charge < -0.3 is 10.2 Å². The van der Waals surface area contributed by atoms with E-state index in [1.54, 1.807) is 49.4 Å². The van der Waals surface area contributed by atoms with Crippen LogP contribution in [-0.2, 0) is 0 Å². The summed E-state index contributed by atoms with van der Waals surface area (Å²) in [5.74, 6) is -1.04. The molecule has 0 aliphatic rings. The molecule has 0 unspecified atom stereocenters. The lowest BCUT2D eigenvalue weighted by molar-refractivity contribution is 0.0711. The van der Waals surface area contributed by atoms with Crippen molar-refractivity contribution in [2.75, 3.05) is 0 Å². The topological polar surface area (TPSA) is 57.5 Å². The van der Waals surface area contributed by atoms with Gasteiger partial charge in [0.15, 0.2) is 5.78 Å². The van der Waals surface area contributed by atoms with Gasteiger partial charge in [-0.3, -0.25) is 4.79 Å². The average molecular weight is 291 g/mol. The number of phenolic OH excluding ortho intramolecular Hbond substituents is 1. The van der Waals surface area contributed by atoms with Crippen molar-refractivity contribution >= 4 is 17.4 Å². The first kappa shape index (κ1) is 14.6. The molecular weight excluding hydrogens is 276 g/mol. The zero-order valence-electron chi connectivity index (χ0n) is 11.0. The molecule has 0 heterocycles. The molecule has 0 saturated carbocycles. The van der Waals surface area contributed by atoms with E-state index >= 15 is 0 Å². The van der Waals surface area contributed by atoms with Gasteiger partial charge in [0.05, 0.1) is 11.7 Å². The number of Topliss-reactive ketones (excluding diaryl/α,β-unsaturated/α-hetero) is 1. The number of ketones is 1. The van der Waals surface area contributed by atoms with E-state index in [9.17, 15) is 15.0 Å². The molecule has 2 aromatic rings. The first-order chi connectivity index (χ1) is 9.50. The van der Waals surface area contributed by atoms with E-state index < -0.39 is 12.0 Å². The number of aromatic hydroxyl groups is 1. The maximum absolute atomic E-state index is 12.3. The molecule has 4 heteroatoms. The standard InChI is InChI=1S/C16H15ClO3/c1-10(15(19)11-6-8-12(17)9-7-11)16(20)13-4-2-3-5-14(13)18/h2-10,15,18-19H,1H3/t10-,15-/m1/s1. The highest BCUT2D eigenvalue weighted by Gasteiger charge is 2.26. The van der Waals surface area contributed by atoms with E-state index in [-0.39, 0.29) is 17.1 Å². The predicted octanol–water partition coefficient (Wildman–Crippen LogP) is 3.60. The zero-order chi connectivity index (χ0) is 14.7. The molecule has 0 amide bonds. The number of halogens is 1. The lowest BCUT2D eigenvalue weighted by atomic mass is 9.90. The van der Waals surface area contributed by atoms with Gasteiger partial charge in [-0.15, -0.1) is 0 Å². The van der Waals surface area contributed by atoms with Crippen molar-refractivity contribution in [3.8, 4) is 5.75 Å². The fourth-order valence-electron chi connectivity index (χ4n) is 2.02. The minimum absolute atomic E-state index is 0.0762. The minimum atomic E-state index is -0.945. The first-order valence-corrected chi connectivity index (χ1v) is 6.64. The Morgan fingerprint density at radius 3 is 2.30 bits per heavy atom. The lowest BCUT2D eigenvalue weighted by Crippen LogP contribution is -2.19. The molecule has 2 atom stereocenters. The highest BCUT2D eigenvalue weighted by molar-refractivity contribution is 6.30. The summed E-state index contributed by atoms with van der Waals surface area (Å²) >= 11 is 5.79. The molecule has 0 bridgehead atoms. The number of carbonyl (C=O) groups is 1. The van der Waals surface area contributed by atoms with Crippen molar-refractivity contribution in [3.63, 3.8) is 0 Å². The largest absolute Gasteiger partial charge is 0.507 e. The Labute approximate surface area is 122 Å². The molecule has 3 nitrogen and oxygen atoms in total. The van der Waals surface area contributed by atoms with Crippen LogP contribution < -0.4 is 0 Å². The molecule has 0 aliphatic carbocycles. The van der Waals surface area contributed by atoms with Crippen LogP contribution in [0.5, 0.6) is 5.75 Å². The Hall–Kier alpha value is -1.84. The van der Waals surface area contributed by atoms with Gasteiger partial charge >= 0.3 is 0 Å².